The molecule has 2 aliphatic rings. The predicted octanol–water partition coefficient (Wildman–Crippen LogP) is 4.99. The first-order chi connectivity index (χ1) is 14.2. The van der Waals surface area contributed by atoms with Crippen LogP contribution in [0.25, 0.3) is 0 Å². The number of rotatable bonds is 3. The third kappa shape index (κ3) is 3.90. The highest BCUT2D eigenvalue weighted by Crippen LogP contribution is 2.51. The van der Waals surface area contributed by atoms with E-state index in [-0.39, 0.29) is 29.0 Å². The molecule has 1 amide bonds. The van der Waals surface area contributed by atoms with Crippen molar-refractivity contribution in [1.82, 2.24) is 5.32 Å². The zero-order valence-corrected chi connectivity index (χ0v) is 18.3. The number of nitrogens with zero attached hydrogens (tertiary/aromatic N) is 1. The van der Waals surface area contributed by atoms with Crippen LogP contribution in [0.2, 0.25) is 0 Å². The molecule has 2 aliphatic heterocycles. The van der Waals surface area contributed by atoms with Gasteiger partial charge in [0.05, 0.1) is 6.61 Å². The summed E-state index contributed by atoms with van der Waals surface area (Å²) in [5.74, 6) is -4.61. The quantitative estimate of drug-likeness (QED) is 0.648. The lowest BCUT2D eigenvalue weighted by Gasteiger charge is -2.37. The Bertz CT molecular complexity index is 999. The van der Waals surface area contributed by atoms with Gasteiger partial charge < -0.3 is 10.1 Å². The minimum absolute atomic E-state index is 0.167. The minimum atomic E-state index is -3.12. The van der Waals surface area contributed by atoms with E-state index in [4.69, 9.17) is 4.74 Å². The van der Waals surface area contributed by atoms with Crippen LogP contribution in [-0.2, 0) is 10.3 Å². The first-order valence-corrected chi connectivity index (χ1v) is 11.0. The summed E-state index contributed by atoms with van der Waals surface area (Å²) in [5.41, 5.74) is -0.755. The van der Waals surface area contributed by atoms with Gasteiger partial charge in [-0.3, -0.25) is 4.79 Å². The summed E-state index contributed by atoms with van der Waals surface area (Å²) < 4.78 is 49.4. The van der Waals surface area contributed by atoms with Crippen LogP contribution in [0.4, 0.5) is 13.2 Å². The molecule has 30 heavy (non-hydrogen) atoms. The van der Waals surface area contributed by atoms with Crippen molar-refractivity contribution in [3.8, 4) is 0 Å². The highest BCUT2D eigenvalue weighted by Gasteiger charge is 2.60. The molecule has 4 rings (SSSR count). The molecule has 0 aliphatic carbocycles. The number of amidine groups is 1. The maximum atomic E-state index is 14.8. The molecule has 1 saturated heterocycles. The van der Waals surface area contributed by atoms with Gasteiger partial charge in [0.15, 0.2) is 5.17 Å². The fourth-order valence-corrected chi connectivity index (χ4v) is 5.44. The minimum Gasteiger partial charge on any atom is -0.369 e. The van der Waals surface area contributed by atoms with E-state index in [0.717, 1.165) is 18.7 Å². The van der Waals surface area contributed by atoms with Gasteiger partial charge in [0.1, 0.15) is 17.5 Å². The molecule has 0 spiro atoms. The number of carbonyl (C=O) groups excluding carboxylic acids is 1. The number of alkyl halides is 2. The number of halogens is 4. The zero-order chi connectivity index (χ0) is 21.5. The molecule has 0 bridgehead atoms. The number of hydrogen-bond donors (Lipinski definition) is 1. The van der Waals surface area contributed by atoms with Crippen LogP contribution in [0, 0.1) is 11.7 Å². The summed E-state index contributed by atoms with van der Waals surface area (Å²) in [7, 11) is 0. The second-order valence-corrected chi connectivity index (χ2v) is 9.32. The maximum Gasteiger partial charge on any atom is 0.271 e. The van der Waals surface area contributed by atoms with Gasteiger partial charge in [0.25, 0.3) is 11.8 Å². The molecule has 0 saturated carbocycles. The van der Waals surface area contributed by atoms with E-state index in [0.29, 0.717) is 10.0 Å². The smallest absolute Gasteiger partial charge is 0.271 e. The van der Waals surface area contributed by atoms with Gasteiger partial charge >= 0.3 is 0 Å². The highest BCUT2D eigenvalue weighted by molar-refractivity contribution is 9.10. The fraction of sp³-hybridized carbons (Fsp3) is 0.333. The molecule has 2 aromatic rings. The second-order valence-electron chi connectivity index (χ2n) is 7.39. The average molecular weight is 499 g/mol. The molecule has 1 N–H and O–H groups in total. The highest BCUT2D eigenvalue weighted by atomic mass is 79.9. The molecular formula is C21H18BrF3N2O2S. The van der Waals surface area contributed by atoms with Crippen LogP contribution in [0.3, 0.4) is 0 Å². The van der Waals surface area contributed by atoms with E-state index >= 15 is 0 Å². The van der Waals surface area contributed by atoms with Crippen LogP contribution < -0.4 is 5.32 Å². The number of ether oxygens (including phenoxy) is 1. The largest absolute Gasteiger partial charge is 0.369 e. The standard InChI is InChI=1S/C21H18BrF3N2O2S/c1-20(24,25)17-15-10-30-19(26-18(28)12-5-3-2-4-6-12)27-21(15,11-29-17)14-9-13(22)7-8-16(14)23/h2-9,15,17H,10-11H2,1H3,(H,26,27,28)/t15-,17+,21-/m1/s1. The normalized spacial score (nSPS) is 26.1. The molecule has 0 radical (unpaired) electrons. The summed E-state index contributed by atoms with van der Waals surface area (Å²) >= 11 is 4.47. The van der Waals surface area contributed by atoms with Gasteiger partial charge in [-0.25, -0.2) is 18.2 Å². The van der Waals surface area contributed by atoms with Crippen molar-refractivity contribution in [2.24, 2.45) is 10.9 Å². The number of amides is 1. The monoisotopic (exact) mass is 498 g/mol. The van der Waals surface area contributed by atoms with E-state index in [2.05, 4.69) is 26.2 Å². The summed E-state index contributed by atoms with van der Waals surface area (Å²) in [6, 6.07) is 12.9. The second kappa shape index (κ2) is 8.01. The Morgan fingerprint density at radius 2 is 2.03 bits per heavy atom. The number of hydrogen-bond acceptors (Lipinski definition) is 4. The lowest BCUT2D eigenvalue weighted by atomic mass is 9.77. The molecule has 2 heterocycles. The fourth-order valence-electron chi connectivity index (χ4n) is 3.90. The lowest BCUT2D eigenvalue weighted by molar-refractivity contribution is -0.113. The molecule has 3 atom stereocenters. The third-order valence-corrected chi connectivity index (χ3v) is 6.80. The van der Waals surface area contributed by atoms with E-state index in [1.165, 1.54) is 18.2 Å². The summed E-state index contributed by atoms with van der Waals surface area (Å²) in [4.78, 5) is 17.2. The van der Waals surface area contributed by atoms with Crippen molar-refractivity contribution in [3.63, 3.8) is 0 Å². The molecule has 2 aromatic carbocycles. The average Bonchev–Trinajstić information content (AvgIpc) is 3.10. The number of aliphatic imine (C=N–C) groups is 1. The molecule has 1 fully saturated rings. The molecular weight excluding hydrogens is 481 g/mol. The van der Waals surface area contributed by atoms with Crippen molar-refractivity contribution >= 4 is 38.8 Å². The number of thioether (sulfide) groups is 1. The number of fused-ring (bicyclic) bond motifs is 1. The number of carbonyl (C=O) groups is 1. The molecule has 4 nitrogen and oxygen atoms in total. The van der Waals surface area contributed by atoms with E-state index in [1.807, 2.05) is 0 Å². The SMILES string of the molecule is CC(F)(F)[C@H]1OC[C@]2(c3cc(Br)ccc3F)N=C(NC(=O)c3ccccc3)SC[C@H]12. The Morgan fingerprint density at radius 3 is 2.73 bits per heavy atom. The summed E-state index contributed by atoms with van der Waals surface area (Å²) in [6.07, 6.45) is -1.40. The van der Waals surface area contributed by atoms with Gasteiger partial charge in [0, 0.05) is 34.2 Å². The molecule has 0 unspecified atom stereocenters. The van der Waals surface area contributed by atoms with Crippen LogP contribution in [0.5, 0.6) is 0 Å². The van der Waals surface area contributed by atoms with Crippen molar-refractivity contribution in [3.05, 3.63) is 69.9 Å². The summed E-state index contributed by atoms with van der Waals surface area (Å²) in [5, 5.41) is 2.98. The topological polar surface area (TPSA) is 50.7 Å². The van der Waals surface area contributed by atoms with Gasteiger partial charge in [-0.05, 0) is 30.3 Å². The van der Waals surface area contributed by atoms with E-state index in [1.54, 1.807) is 30.3 Å². The Kier molecular flexibility index (Phi) is 5.71. The zero-order valence-electron chi connectivity index (χ0n) is 15.9. The molecule has 158 valence electrons. The Hall–Kier alpha value is -1.84. The van der Waals surface area contributed by atoms with E-state index in [9.17, 15) is 18.0 Å². The number of nitrogens with one attached hydrogen (secondary N) is 1. The molecule has 0 aromatic heterocycles. The van der Waals surface area contributed by atoms with Gasteiger partial charge in [0.2, 0.25) is 0 Å². The van der Waals surface area contributed by atoms with Crippen molar-refractivity contribution in [2.45, 2.75) is 24.5 Å². The Labute approximate surface area is 184 Å². The van der Waals surface area contributed by atoms with Crippen LogP contribution in [-0.4, -0.2) is 35.5 Å². The van der Waals surface area contributed by atoms with Gasteiger partial charge in [-0.1, -0.05) is 45.9 Å². The Morgan fingerprint density at radius 1 is 1.30 bits per heavy atom. The molecule has 9 heteroatoms. The van der Waals surface area contributed by atoms with E-state index < -0.39 is 29.3 Å². The van der Waals surface area contributed by atoms with Crippen LogP contribution in [0.1, 0.15) is 22.8 Å². The van der Waals surface area contributed by atoms with Crippen molar-refractivity contribution in [2.75, 3.05) is 12.4 Å². The lowest BCUT2D eigenvalue weighted by Crippen LogP contribution is -2.47. The first-order valence-electron chi connectivity index (χ1n) is 9.25. The third-order valence-electron chi connectivity index (χ3n) is 5.31. The van der Waals surface area contributed by atoms with Crippen molar-refractivity contribution < 1.29 is 22.7 Å². The van der Waals surface area contributed by atoms with Crippen LogP contribution >= 0.6 is 27.7 Å². The predicted molar refractivity (Wildman–Crippen MR) is 113 cm³/mol. The maximum absolute atomic E-state index is 14.8. The summed E-state index contributed by atoms with van der Waals surface area (Å²) in [6.45, 7) is 0.594. The van der Waals surface area contributed by atoms with Crippen molar-refractivity contribution in [1.29, 1.82) is 0 Å². The van der Waals surface area contributed by atoms with Crippen LogP contribution in [0.15, 0.2) is 58.0 Å². The first kappa shape index (κ1) is 21.4. The number of benzene rings is 2. The van der Waals surface area contributed by atoms with Gasteiger partial charge in [-0.15, -0.1) is 0 Å². The Balaban J connectivity index is 1.75. The van der Waals surface area contributed by atoms with Gasteiger partial charge in [-0.2, -0.15) is 0 Å².